The second-order valence-corrected chi connectivity index (χ2v) is 5.99. The van der Waals surface area contributed by atoms with Crippen molar-refractivity contribution in [2.45, 2.75) is 19.9 Å². The maximum atomic E-state index is 10.8. The highest BCUT2D eigenvalue weighted by atomic mass is 35.5. The fraction of sp³-hybridized carbons (Fsp3) is 0.333. The number of nitro benzene ring substituents is 1. The number of nitrogens with one attached hydrogen (secondary N) is 2. The van der Waals surface area contributed by atoms with Gasteiger partial charge in [0.25, 0.3) is 5.69 Å². The predicted molar refractivity (Wildman–Crippen MR) is 100 cm³/mol. The van der Waals surface area contributed by atoms with Gasteiger partial charge in [-0.2, -0.15) is 5.10 Å². The molecule has 8 nitrogen and oxygen atoms in total. The minimum absolute atomic E-state index is 0.0467. The molecular weight excluding hydrogens is 366 g/mol. The Kier molecular flexibility index (Phi) is 6.54. The summed E-state index contributed by atoms with van der Waals surface area (Å²) in [6, 6.07) is 4.28. The van der Waals surface area contributed by atoms with Crippen molar-refractivity contribution >= 4 is 40.3 Å². The quantitative estimate of drug-likeness (QED) is 0.328. The largest absolute Gasteiger partial charge is 0.494 e. The molecule has 25 heavy (non-hydrogen) atoms. The predicted octanol–water partition coefficient (Wildman–Crippen LogP) is 3.14. The Morgan fingerprint density at radius 2 is 2.28 bits per heavy atom. The second kappa shape index (κ2) is 8.63. The smallest absolute Gasteiger partial charge is 0.273 e. The van der Waals surface area contributed by atoms with Gasteiger partial charge in [-0.1, -0.05) is 11.6 Å². The van der Waals surface area contributed by atoms with Crippen LogP contribution in [0.4, 0.5) is 11.4 Å². The zero-order valence-corrected chi connectivity index (χ0v) is 15.4. The first-order valence-electron chi connectivity index (χ1n) is 7.47. The van der Waals surface area contributed by atoms with E-state index in [1.165, 1.54) is 19.2 Å². The summed E-state index contributed by atoms with van der Waals surface area (Å²) < 4.78 is 6.99. The molecule has 0 atom stereocenters. The Labute approximate surface area is 155 Å². The van der Waals surface area contributed by atoms with Crippen molar-refractivity contribution in [2.75, 3.05) is 19.0 Å². The minimum atomic E-state index is -0.480. The molecular formula is C15H18ClN5O3S. The van der Waals surface area contributed by atoms with Gasteiger partial charge in [0.15, 0.2) is 5.11 Å². The zero-order chi connectivity index (χ0) is 18.4. The van der Waals surface area contributed by atoms with Gasteiger partial charge in [0.05, 0.1) is 40.7 Å². The molecule has 0 aliphatic heterocycles. The Balaban J connectivity index is 1.84. The fourth-order valence-electron chi connectivity index (χ4n) is 2.14. The number of ether oxygens (including phenoxy) is 1. The molecule has 1 heterocycles. The van der Waals surface area contributed by atoms with Crippen molar-refractivity contribution in [3.05, 3.63) is 45.2 Å². The number of nitro groups is 1. The van der Waals surface area contributed by atoms with Crippen LogP contribution in [0.1, 0.15) is 12.1 Å². The molecule has 0 aliphatic rings. The summed E-state index contributed by atoms with van der Waals surface area (Å²) in [4.78, 5) is 10.3. The number of hydrogen-bond acceptors (Lipinski definition) is 5. The molecule has 2 rings (SSSR count). The number of thiocarbonyl (C=S) groups is 1. The Hall–Kier alpha value is -2.39. The number of non-ortho nitro benzene ring substituents is 1. The van der Waals surface area contributed by atoms with Gasteiger partial charge in [-0.05, 0) is 31.6 Å². The van der Waals surface area contributed by atoms with Gasteiger partial charge in [0.1, 0.15) is 5.75 Å². The number of benzene rings is 1. The summed E-state index contributed by atoms with van der Waals surface area (Å²) in [6.45, 7) is 3.27. The third-order valence-electron chi connectivity index (χ3n) is 3.52. The number of halogens is 1. The highest BCUT2D eigenvalue weighted by Crippen LogP contribution is 2.28. The topological polar surface area (TPSA) is 94.3 Å². The van der Waals surface area contributed by atoms with Crippen LogP contribution in [0.15, 0.2) is 24.4 Å². The van der Waals surface area contributed by atoms with E-state index in [9.17, 15) is 10.1 Å². The van der Waals surface area contributed by atoms with E-state index in [4.69, 9.17) is 28.6 Å². The SMILES string of the molecule is COc1cc([N+](=O)[O-])ccc1NC(=S)NCCCn1ncc(Cl)c1C. The summed E-state index contributed by atoms with van der Waals surface area (Å²) >= 11 is 11.2. The Morgan fingerprint density at radius 1 is 1.52 bits per heavy atom. The fourth-order valence-corrected chi connectivity index (χ4v) is 2.50. The van der Waals surface area contributed by atoms with Gasteiger partial charge >= 0.3 is 0 Å². The van der Waals surface area contributed by atoms with E-state index >= 15 is 0 Å². The molecule has 2 N–H and O–H groups in total. The molecule has 1 aromatic carbocycles. The summed E-state index contributed by atoms with van der Waals surface area (Å²) in [6.07, 6.45) is 2.43. The van der Waals surface area contributed by atoms with Crippen LogP contribution >= 0.6 is 23.8 Å². The van der Waals surface area contributed by atoms with E-state index < -0.39 is 4.92 Å². The van der Waals surface area contributed by atoms with Crippen LogP contribution in [0.3, 0.4) is 0 Å². The molecule has 0 saturated heterocycles. The maximum absolute atomic E-state index is 10.8. The maximum Gasteiger partial charge on any atom is 0.273 e. The van der Waals surface area contributed by atoms with Gasteiger partial charge in [0, 0.05) is 19.2 Å². The van der Waals surface area contributed by atoms with Gasteiger partial charge in [-0.3, -0.25) is 14.8 Å². The van der Waals surface area contributed by atoms with Crippen LogP contribution in [-0.2, 0) is 6.54 Å². The first kappa shape index (κ1) is 18.9. The molecule has 0 unspecified atom stereocenters. The molecule has 0 radical (unpaired) electrons. The molecule has 2 aromatic rings. The highest BCUT2D eigenvalue weighted by molar-refractivity contribution is 7.80. The normalized spacial score (nSPS) is 10.4. The van der Waals surface area contributed by atoms with Crippen LogP contribution in [0, 0.1) is 17.0 Å². The first-order chi connectivity index (χ1) is 11.9. The van der Waals surface area contributed by atoms with Crippen molar-refractivity contribution in [1.29, 1.82) is 0 Å². The van der Waals surface area contributed by atoms with Crippen LogP contribution in [0.5, 0.6) is 5.75 Å². The summed E-state index contributed by atoms with van der Waals surface area (Å²) in [5.41, 5.74) is 1.44. The Bertz CT molecular complexity index is 781. The van der Waals surface area contributed by atoms with Crippen LogP contribution in [-0.4, -0.2) is 33.5 Å². The summed E-state index contributed by atoms with van der Waals surface area (Å²) in [5.74, 6) is 0.347. The molecule has 1 aromatic heterocycles. The van der Waals surface area contributed by atoms with Crippen LogP contribution < -0.4 is 15.4 Å². The number of rotatable bonds is 7. The van der Waals surface area contributed by atoms with E-state index in [1.54, 1.807) is 12.3 Å². The molecule has 0 bridgehead atoms. The lowest BCUT2D eigenvalue weighted by Gasteiger charge is -2.13. The van der Waals surface area contributed by atoms with E-state index in [0.717, 1.165) is 18.7 Å². The number of aromatic nitrogens is 2. The number of hydrogen-bond donors (Lipinski definition) is 2. The molecule has 0 fully saturated rings. The minimum Gasteiger partial charge on any atom is -0.494 e. The first-order valence-corrected chi connectivity index (χ1v) is 8.26. The number of nitrogens with zero attached hydrogens (tertiary/aromatic N) is 3. The second-order valence-electron chi connectivity index (χ2n) is 5.18. The lowest BCUT2D eigenvalue weighted by molar-refractivity contribution is -0.384. The third kappa shape index (κ3) is 5.04. The van der Waals surface area contributed by atoms with E-state index in [2.05, 4.69) is 15.7 Å². The van der Waals surface area contributed by atoms with E-state index in [-0.39, 0.29) is 5.69 Å². The number of anilines is 1. The highest BCUT2D eigenvalue weighted by Gasteiger charge is 2.12. The molecule has 10 heteroatoms. The number of methoxy groups -OCH3 is 1. The van der Waals surface area contributed by atoms with Crippen molar-refractivity contribution in [1.82, 2.24) is 15.1 Å². The zero-order valence-electron chi connectivity index (χ0n) is 13.8. The van der Waals surface area contributed by atoms with E-state index in [0.29, 0.717) is 28.1 Å². The van der Waals surface area contributed by atoms with E-state index in [1.807, 2.05) is 11.6 Å². The average molecular weight is 384 g/mol. The van der Waals surface area contributed by atoms with Crippen molar-refractivity contribution in [3.63, 3.8) is 0 Å². The monoisotopic (exact) mass is 383 g/mol. The van der Waals surface area contributed by atoms with Gasteiger partial charge in [-0.15, -0.1) is 0 Å². The Morgan fingerprint density at radius 3 is 2.88 bits per heavy atom. The lowest BCUT2D eigenvalue weighted by Crippen LogP contribution is -2.30. The molecule has 0 amide bonds. The third-order valence-corrected chi connectivity index (χ3v) is 4.14. The van der Waals surface area contributed by atoms with Gasteiger partial charge in [0.2, 0.25) is 0 Å². The summed E-state index contributed by atoms with van der Waals surface area (Å²) in [7, 11) is 1.44. The average Bonchev–Trinajstić information content (AvgIpc) is 2.90. The lowest BCUT2D eigenvalue weighted by atomic mass is 10.2. The van der Waals surface area contributed by atoms with Crippen molar-refractivity contribution in [3.8, 4) is 5.75 Å². The molecule has 0 saturated carbocycles. The van der Waals surface area contributed by atoms with Crippen molar-refractivity contribution in [2.24, 2.45) is 0 Å². The molecule has 0 aliphatic carbocycles. The standard InChI is InChI=1S/C15H18ClN5O3S/c1-10-12(16)9-18-20(10)7-3-6-17-15(25)19-13-5-4-11(21(22)23)8-14(13)24-2/h4-5,8-9H,3,6-7H2,1-2H3,(H2,17,19,25). The molecule has 0 spiro atoms. The van der Waals surface area contributed by atoms with Gasteiger partial charge in [-0.25, -0.2) is 0 Å². The van der Waals surface area contributed by atoms with Gasteiger partial charge < -0.3 is 15.4 Å². The van der Waals surface area contributed by atoms with Crippen LogP contribution in [0.2, 0.25) is 5.02 Å². The summed E-state index contributed by atoms with van der Waals surface area (Å²) in [5, 5.41) is 22.1. The van der Waals surface area contributed by atoms with Crippen LogP contribution in [0.25, 0.3) is 0 Å². The molecule has 134 valence electrons. The van der Waals surface area contributed by atoms with Crippen molar-refractivity contribution < 1.29 is 9.66 Å². The number of aryl methyl sites for hydroxylation is 1.